The van der Waals surface area contributed by atoms with Gasteiger partial charge in [0.25, 0.3) is 5.91 Å². The van der Waals surface area contributed by atoms with Crippen molar-refractivity contribution in [3.05, 3.63) is 23.8 Å². The van der Waals surface area contributed by atoms with Crippen LogP contribution < -0.4 is 9.88 Å². The SMILES string of the molecule is CCN(CC(C)C)C(=O)c1cc(S(N)(=O)=O)ccc1OC. The van der Waals surface area contributed by atoms with Gasteiger partial charge < -0.3 is 9.64 Å². The van der Waals surface area contributed by atoms with Crippen molar-refractivity contribution in [3.63, 3.8) is 0 Å². The van der Waals surface area contributed by atoms with Crippen LogP contribution in [0.3, 0.4) is 0 Å². The minimum atomic E-state index is -3.87. The Morgan fingerprint density at radius 1 is 1.38 bits per heavy atom. The van der Waals surface area contributed by atoms with Crippen molar-refractivity contribution in [3.8, 4) is 5.75 Å². The Hall–Kier alpha value is -1.60. The third-order valence-electron chi connectivity index (χ3n) is 2.98. The molecule has 0 aromatic heterocycles. The van der Waals surface area contributed by atoms with Gasteiger partial charge in [0.15, 0.2) is 0 Å². The first-order valence-corrected chi connectivity index (χ1v) is 8.25. The van der Waals surface area contributed by atoms with Crippen molar-refractivity contribution in [1.29, 1.82) is 0 Å². The topological polar surface area (TPSA) is 89.7 Å². The number of carbonyl (C=O) groups excluding carboxylic acids is 1. The molecule has 7 heteroatoms. The first kappa shape index (κ1) is 17.5. The van der Waals surface area contributed by atoms with E-state index >= 15 is 0 Å². The lowest BCUT2D eigenvalue weighted by molar-refractivity contribution is 0.0742. The van der Waals surface area contributed by atoms with Crippen LogP contribution in [0, 0.1) is 5.92 Å². The van der Waals surface area contributed by atoms with Gasteiger partial charge in [-0.3, -0.25) is 4.79 Å². The number of hydrogen-bond donors (Lipinski definition) is 1. The van der Waals surface area contributed by atoms with Crippen LogP contribution in [0.4, 0.5) is 0 Å². The fourth-order valence-electron chi connectivity index (χ4n) is 2.00. The number of carbonyl (C=O) groups is 1. The van der Waals surface area contributed by atoms with E-state index < -0.39 is 10.0 Å². The van der Waals surface area contributed by atoms with E-state index in [0.29, 0.717) is 24.8 Å². The number of nitrogens with two attached hydrogens (primary N) is 1. The highest BCUT2D eigenvalue weighted by molar-refractivity contribution is 7.89. The third kappa shape index (κ3) is 4.44. The molecule has 0 aliphatic carbocycles. The lowest BCUT2D eigenvalue weighted by Gasteiger charge is -2.24. The van der Waals surface area contributed by atoms with Crippen molar-refractivity contribution in [1.82, 2.24) is 4.90 Å². The van der Waals surface area contributed by atoms with Crippen LogP contribution in [-0.4, -0.2) is 39.4 Å². The molecule has 1 rings (SSSR count). The minimum absolute atomic E-state index is 0.104. The second-order valence-electron chi connectivity index (χ2n) is 5.14. The van der Waals surface area contributed by atoms with Gasteiger partial charge in [0.2, 0.25) is 10.0 Å². The van der Waals surface area contributed by atoms with E-state index in [0.717, 1.165) is 0 Å². The van der Waals surface area contributed by atoms with E-state index in [9.17, 15) is 13.2 Å². The number of hydrogen-bond acceptors (Lipinski definition) is 4. The molecule has 0 heterocycles. The van der Waals surface area contributed by atoms with Crippen molar-refractivity contribution in [2.45, 2.75) is 25.7 Å². The molecule has 0 aliphatic heterocycles. The molecular weight excluding hydrogens is 292 g/mol. The number of methoxy groups -OCH3 is 1. The van der Waals surface area contributed by atoms with Crippen molar-refractivity contribution in [2.24, 2.45) is 11.1 Å². The molecule has 1 aromatic carbocycles. The molecule has 118 valence electrons. The Kier molecular flexibility index (Phi) is 5.74. The summed E-state index contributed by atoms with van der Waals surface area (Å²) in [4.78, 5) is 14.1. The molecule has 2 N–H and O–H groups in total. The van der Waals surface area contributed by atoms with Gasteiger partial charge in [-0.05, 0) is 31.0 Å². The Bertz CT molecular complexity index is 611. The number of ether oxygens (including phenoxy) is 1. The summed E-state index contributed by atoms with van der Waals surface area (Å²) in [5.74, 6) is 0.365. The van der Waals surface area contributed by atoms with Gasteiger partial charge in [0.1, 0.15) is 5.75 Å². The smallest absolute Gasteiger partial charge is 0.257 e. The van der Waals surface area contributed by atoms with Gasteiger partial charge in [-0.1, -0.05) is 13.8 Å². The lowest BCUT2D eigenvalue weighted by Crippen LogP contribution is -2.34. The van der Waals surface area contributed by atoms with E-state index in [2.05, 4.69) is 0 Å². The molecule has 6 nitrogen and oxygen atoms in total. The average molecular weight is 314 g/mol. The van der Waals surface area contributed by atoms with E-state index in [4.69, 9.17) is 9.88 Å². The highest BCUT2D eigenvalue weighted by atomic mass is 32.2. The maximum Gasteiger partial charge on any atom is 0.257 e. The molecule has 0 bridgehead atoms. The van der Waals surface area contributed by atoms with Crippen molar-refractivity contribution < 1.29 is 17.9 Å². The van der Waals surface area contributed by atoms with Crippen molar-refractivity contribution in [2.75, 3.05) is 20.2 Å². The Balaban J connectivity index is 3.28. The predicted octanol–water partition coefficient (Wildman–Crippen LogP) is 1.46. The minimum Gasteiger partial charge on any atom is -0.496 e. The van der Waals surface area contributed by atoms with Gasteiger partial charge in [0.05, 0.1) is 17.6 Å². The van der Waals surface area contributed by atoms with Gasteiger partial charge in [-0.15, -0.1) is 0 Å². The maximum absolute atomic E-state index is 12.6. The first-order valence-electron chi connectivity index (χ1n) is 6.70. The first-order chi connectivity index (χ1) is 9.70. The number of rotatable bonds is 6. The van der Waals surface area contributed by atoms with Gasteiger partial charge in [-0.2, -0.15) is 0 Å². The highest BCUT2D eigenvalue weighted by Crippen LogP contribution is 2.23. The summed E-state index contributed by atoms with van der Waals surface area (Å²) in [6.07, 6.45) is 0. The monoisotopic (exact) mass is 314 g/mol. The Labute approximate surface area is 125 Å². The number of primary sulfonamides is 1. The molecule has 0 spiro atoms. The van der Waals surface area contributed by atoms with Crippen LogP contribution in [0.1, 0.15) is 31.1 Å². The summed E-state index contributed by atoms with van der Waals surface area (Å²) in [7, 11) is -2.43. The fourth-order valence-corrected chi connectivity index (χ4v) is 2.54. The molecule has 0 aliphatic rings. The Morgan fingerprint density at radius 2 is 2.00 bits per heavy atom. The fraction of sp³-hybridized carbons (Fsp3) is 0.500. The lowest BCUT2D eigenvalue weighted by atomic mass is 10.1. The van der Waals surface area contributed by atoms with Gasteiger partial charge in [-0.25, -0.2) is 13.6 Å². The zero-order chi connectivity index (χ0) is 16.2. The molecule has 0 atom stereocenters. The van der Waals surface area contributed by atoms with Crippen LogP contribution in [0.25, 0.3) is 0 Å². The van der Waals surface area contributed by atoms with Gasteiger partial charge in [0, 0.05) is 13.1 Å². The average Bonchev–Trinajstić information content (AvgIpc) is 2.42. The molecule has 0 fully saturated rings. The third-order valence-corrected chi connectivity index (χ3v) is 3.90. The largest absolute Gasteiger partial charge is 0.496 e. The number of sulfonamides is 1. The summed E-state index contributed by atoms with van der Waals surface area (Å²) in [5, 5.41) is 5.11. The summed E-state index contributed by atoms with van der Waals surface area (Å²) in [6, 6.07) is 4.03. The normalized spacial score (nSPS) is 11.5. The van der Waals surface area contributed by atoms with Crippen LogP contribution in [-0.2, 0) is 10.0 Å². The van der Waals surface area contributed by atoms with Crippen LogP contribution in [0.2, 0.25) is 0 Å². The molecule has 21 heavy (non-hydrogen) atoms. The maximum atomic E-state index is 12.6. The number of amides is 1. The summed E-state index contributed by atoms with van der Waals surface area (Å²) in [5.41, 5.74) is 0.200. The second-order valence-corrected chi connectivity index (χ2v) is 6.71. The molecule has 0 saturated carbocycles. The Morgan fingerprint density at radius 3 is 2.43 bits per heavy atom. The molecule has 1 aromatic rings. The van der Waals surface area contributed by atoms with Crippen molar-refractivity contribution >= 4 is 15.9 Å². The molecule has 0 radical (unpaired) electrons. The number of nitrogens with zero attached hydrogens (tertiary/aromatic N) is 1. The summed E-state index contributed by atoms with van der Waals surface area (Å²) >= 11 is 0. The van der Waals surface area contributed by atoms with Crippen LogP contribution in [0.15, 0.2) is 23.1 Å². The highest BCUT2D eigenvalue weighted by Gasteiger charge is 2.21. The van der Waals surface area contributed by atoms with E-state index in [-0.39, 0.29) is 16.4 Å². The van der Waals surface area contributed by atoms with E-state index in [1.54, 1.807) is 4.90 Å². The van der Waals surface area contributed by atoms with E-state index in [1.807, 2.05) is 20.8 Å². The zero-order valence-corrected chi connectivity index (χ0v) is 13.6. The van der Waals surface area contributed by atoms with Crippen LogP contribution >= 0.6 is 0 Å². The quantitative estimate of drug-likeness (QED) is 0.860. The summed E-state index contributed by atoms with van der Waals surface area (Å²) in [6.45, 7) is 7.00. The van der Waals surface area contributed by atoms with Gasteiger partial charge >= 0.3 is 0 Å². The molecular formula is C14H22N2O4S. The molecule has 1 amide bonds. The zero-order valence-electron chi connectivity index (χ0n) is 12.8. The standard InChI is InChI=1S/C14H22N2O4S/c1-5-16(9-10(2)3)14(17)12-8-11(21(15,18)19)6-7-13(12)20-4/h6-8,10H,5,9H2,1-4H3,(H2,15,18,19). The second kappa shape index (κ2) is 6.91. The molecule has 0 unspecified atom stereocenters. The summed E-state index contributed by atoms with van der Waals surface area (Å²) < 4.78 is 28.0. The predicted molar refractivity (Wildman–Crippen MR) is 80.8 cm³/mol. The van der Waals surface area contributed by atoms with Crippen LogP contribution in [0.5, 0.6) is 5.75 Å². The van der Waals surface area contributed by atoms with E-state index in [1.165, 1.54) is 25.3 Å². The molecule has 0 saturated heterocycles. The number of benzene rings is 1.